The van der Waals surface area contributed by atoms with Gasteiger partial charge in [0.05, 0.1) is 0 Å². The molecule has 0 aromatic heterocycles. The van der Waals surface area contributed by atoms with Crippen LogP contribution in [0.2, 0.25) is 39.3 Å². The predicted octanol–water partition coefficient (Wildman–Crippen LogP) is 5.55. The average molecular weight is 328 g/mol. The lowest BCUT2D eigenvalue weighted by molar-refractivity contribution is 0.395. The van der Waals surface area contributed by atoms with Crippen LogP contribution >= 0.6 is 7.60 Å². The minimum atomic E-state index is -3.18. The molecule has 0 aliphatic rings. The summed E-state index contributed by atoms with van der Waals surface area (Å²) < 4.78 is 24.6. The first-order chi connectivity index (χ1) is 8.99. The van der Waals surface area contributed by atoms with Gasteiger partial charge in [-0.05, 0) is 50.9 Å². The zero-order chi connectivity index (χ0) is 15.4. The van der Waals surface area contributed by atoms with Crippen molar-refractivity contribution in [3.63, 3.8) is 0 Å². The molecule has 0 aliphatic carbocycles. The molecule has 1 aromatic rings. The van der Waals surface area contributed by atoms with Gasteiger partial charge in [0.2, 0.25) is 0 Å². The number of hydrogen-bond donors (Lipinski definition) is 0. The van der Waals surface area contributed by atoms with Crippen LogP contribution in [-0.4, -0.2) is 16.6 Å². The molecular weight excluding hydrogens is 303 g/mol. The van der Waals surface area contributed by atoms with Crippen LogP contribution in [0.5, 0.6) is 0 Å². The number of hydrogen-bond acceptors (Lipinski definition) is 3. The molecule has 0 fully saturated rings. The van der Waals surface area contributed by atoms with E-state index in [9.17, 15) is 4.57 Å². The Kier molecular flexibility index (Phi) is 5.75. The van der Waals surface area contributed by atoms with Gasteiger partial charge in [-0.3, -0.25) is 4.57 Å². The normalized spacial score (nSPS) is 13.9. The third-order valence-electron chi connectivity index (χ3n) is 2.05. The molecule has 0 saturated carbocycles. The number of benzene rings is 1. The second-order valence-corrected chi connectivity index (χ2v) is 18.0. The van der Waals surface area contributed by atoms with Gasteiger partial charge < -0.3 is 8.43 Å². The molecule has 0 atom stereocenters. The van der Waals surface area contributed by atoms with Crippen molar-refractivity contribution in [1.82, 2.24) is 0 Å². The zero-order valence-corrected chi connectivity index (χ0v) is 16.1. The third kappa shape index (κ3) is 7.36. The maximum atomic E-state index is 13.0. The summed E-state index contributed by atoms with van der Waals surface area (Å²) in [5.41, 5.74) is 0.992. The lowest BCUT2D eigenvalue weighted by Crippen LogP contribution is -2.29. The van der Waals surface area contributed by atoms with E-state index in [1.165, 1.54) is 0 Å². The van der Waals surface area contributed by atoms with E-state index >= 15 is 0 Å². The van der Waals surface area contributed by atoms with E-state index in [2.05, 4.69) is 0 Å². The Labute approximate surface area is 124 Å². The summed E-state index contributed by atoms with van der Waals surface area (Å²) in [6.45, 7) is 12.1. The van der Waals surface area contributed by atoms with Crippen molar-refractivity contribution < 1.29 is 13.0 Å². The lowest BCUT2D eigenvalue weighted by atomic mass is 10.2. The highest BCUT2D eigenvalue weighted by Gasteiger charge is 2.34. The van der Waals surface area contributed by atoms with Crippen LogP contribution < -0.4 is 0 Å². The van der Waals surface area contributed by atoms with E-state index in [0.717, 1.165) is 5.56 Å². The molecule has 0 heterocycles. The summed E-state index contributed by atoms with van der Waals surface area (Å²) in [6.07, 6.45) is 1.82. The molecule has 112 valence electrons. The molecule has 3 nitrogen and oxygen atoms in total. The average Bonchev–Trinajstić information content (AvgIpc) is 2.23. The van der Waals surface area contributed by atoms with Crippen molar-refractivity contribution in [1.29, 1.82) is 0 Å². The Morgan fingerprint density at radius 2 is 1.35 bits per heavy atom. The van der Waals surface area contributed by atoms with Crippen LogP contribution in [0, 0.1) is 0 Å². The molecule has 0 aliphatic heterocycles. The quantitative estimate of drug-likeness (QED) is 0.507. The van der Waals surface area contributed by atoms with Gasteiger partial charge in [0.25, 0.3) is 0 Å². The Balaban J connectivity index is 2.99. The van der Waals surface area contributed by atoms with Gasteiger partial charge in [-0.2, -0.15) is 0 Å². The minimum Gasteiger partial charge on any atom is -0.349 e. The topological polar surface area (TPSA) is 35.5 Å². The zero-order valence-electron chi connectivity index (χ0n) is 13.2. The van der Waals surface area contributed by atoms with E-state index in [0.29, 0.717) is 0 Å². The molecule has 0 N–H and O–H groups in total. The summed E-state index contributed by atoms with van der Waals surface area (Å²) in [5, 5.41) is 0. The predicted molar refractivity (Wildman–Crippen MR) is 91.9 cm³/mol. The van der Waals surface area contributed by atoms with Crippen LogP contribution in [0.1, 0.15) is 5.56 Å². The SMILES string of the molecule is C[Si](C)(C)OP(=O)(C=Cc1ccccc1)O[Si](C)(C)C. The fourth-order valence-corrected chi connectivity index (χ4v) is 9.02. The van der Waals surface area contributed by atoms with E-state index in [-0.39, 0.29) is 0 Å². The molecule has 0 radical (unpaired) electrons. The standard InChI is InChI=1S/C14H25O3PSi2/c1-19(2,3)16-18(15,17-20(4,5)6)13-12-14-10-8-7-9-11-14/h7-13H,1-6H3. The summed E-state index contributed by atoms with van der Waals surface area (Å²) in [4.78, 5) is 0. The molecule has 20 heavy (non-hydrogen) atoms. The van der Waals surface area contributed by atoms with E-state index < -0.39 is 24.2 Å². The first-order valence-electron chi connectivity index (χ1n) is 6.75. The molecule has 0 bridgehead atoms. The fourth-order valence-electron chi connectivity index (χ4n) is 1.58. The van der Waals surface area contributed by atoms with Gasteiger partial charge in [-0.25, -0.2) is 0 Å². The number of rotatable bonds is 6. The highest BCUT2D eigenvalue weighted by Crippen LogP contribution is 2.54. The first kappa shape index (κ1) is 17.6. The van der Waals surface area contributed by atoms with Crippen molar-refractivity contribution >= 4 is 30.3 Å². The Morgan fingerprint density at radius 1 is 0.900 bits per heavy atom. The molecule has 0 spiro atoms. The van der Waals surface area contributed by atoms with Gasteiger partial charge in [-0.1, -0.05) is 30.3 Å². The Hall–Kier alpha value is -0.456. The maximum absolute atomic E-state index is 13.0. The maximum Gasteiger partial charge on any atom is 0.334 e. The molecule has 1 rings (SSSR count). The summed E-state index contributed by atoms with van der Waals surface area (Å²) in [7, 11) is -7.08. The summed E-state index contributed by atoms with van der Waals surface area (Å²) >= 11 is 0. The van der Waals surface area contributed by atoms with Gasteiger partial charge in [0.1, 0.15) is 0 Å². The van der Waals surface area contributed by atoms with Crippen molar-refractivity contribution in [2.45, 2.75) is 39.3 Å². The summed E-state index contributed by atoms with van der Waals surface area (Å²) in [5.74, 6) is 1.61. The molecule has 0 saturated heterocycles. The van der Waals surface area contributed by atoms with Gasteiger partial charge in [0, 0.05) is 5.82 Å². The van der Waals surface area contributed by atoms with Crippen molar-refractivity contribution in [2.24, 2.45) is 0 Å². The van der Waals surface area contributed by atoms with E-state index in [1.807, 2.05) is 75.7 Å². The van der Waals surface area contributed by atoms with E-state index in [4.69, 9.17) is 8.43 Å². The Bertz CT molecular complexity index is 481. The van der Waals surface area contributed by atoms with Crippen LogP contribution in [0.3, 0.4) is 0 Å². The monoisotopic (exact) mass is 328 g/mol. The molecule has 6 heteroatoms. The molecular formula is C14H25O3PSi2. The van der Waals surface area contributed by atoms with Crippen LogP contribution in [0.4, 0.5) is 0 Å². The second kappa shape index (κ2) is 6.54. The minimum absolute atomic E-state index is 0.992. The van der Waals surface area contributed by atoms with Crippen molar-refractivity contribution in [2.75, 3.05) is 0 Å². The van der Waals surface area contributed by atoms with Crippen molar-refractivity contribution in [3.05, 3.63) is 41.7 Å². The summed E-state index contributed by atoms with van der Waals surface area (Å²) in [6, 6.07) is 9.77. The molecule has 0 unspecified atom stereocenters. The van der Waals surface area contributed by atoms with Crippen LogP contribution in [0.15, 0.2) is 36.1 Å². The van der Waals surface area contributed by atoms with Crippen LogP contribution in [0.25, 0.3) is 6.08 Å². The van der Waals surface area contributed by atoms with Crippen LogP contribution in [-0.2, 0) is 13.0 Å². The highest BCUT2D eigenvalue weighted by molar-refractivity contribution is 7.60. The molecule has 1 aromatic carbocycles. The largest absolute Gasteiger partial charge is 0.349 e. The lowest BCUT2D eigenvalue weighted by Gasteiger charge is -2.29. The van der Waals surface area contributed by atoms with Gasteiger partial charge in [0.15, 0.2) is 16.6 Å². The fraction of sp³-hybridized carbons (Fsp3) is 0.429. The smallest absolute Gasteiger partial charge is 0.334 e. The van der Waals surface area contributed by atoms with Gasteiger partial charge in [-0.15, -0.1) is 0 Å². The first-order valence-corrected chi connectivity index (χ1v) is 15.2. The van der Waals surface area contributed by atoms with E-state index in [1.54, 1.807) is 5.82 Å². The van der Waals surface area contributed by atoms with Crippen molar-refractivity contribution in [3.8, 4) is 0 Å². The van der Waals surface area contributed by atoms with Gasteiger partial charge >= 0.3 is 7.60 Å². The Morgan fingerprint density at radius 3 is 1.75 bits per heavy atom. The highest BCUT2D eigenvalue weighted by atomic mass is 31.2. The second-order valence-electron chi connectivity index (χ2n) is 6.67. The molecule has 0 amide bonds. The third-order valence-corrected chi connectivity index (χ3v) is 8.98.